The minimum absolute atomic E-state index is 0.160. The molecule has 0 spiro atoms. The van der Waals surface area contributed by atoms with Gasteiger partial charge in [-0.2, -0.15) is 5.10 Å². The van der Waals surface area contributed by atoms with Crippen molar-refractivity contribution in [3.05, 3.63) is 85.2 Å². The first-order chi connectivity index (χ1) is 18.4. The Morgan fingerprint density at radius 3 is 2.87 bits per heavy atom. The second-order valence-corrected chi connectivity index (χ2v) is 11.3. The van der Waals surface area contributed by atoms with Gasteiger partial charge in [-0.25, -0.2) is 10.4 Å². The fraction of sp³-hybridized carbons (Fsp3) is 0.286. The van der Waals surface area contributed by atoms with Crippen LogP contribution in [0.2, 0.25) is 0 Å². The van der Waals surface area contributed by atoms with Crippen molar-refractivity contribution in [2.45, 2.75) is 39.3 Å². The van der Waals surface area contributed by atoms with E-state index in [0.29, 0.717) is 29.4 Å². The molecular formula is C28H27BrN4O4S. The number of thiophene rings is 1. The molecule has 1 N–H and O–H groups in total. The van der Waals surface area contributed by atoms with Crippen molar-refractivity contribution in [1.29, 1.82) is 0 Å². The van der Waals surface area contributed by atoms with Crippen LogP contribution in [0.1, 0.15) is 34.9 Å². The van der Waals surface area contributed by atoms with Gasteiger partial charge in [0.1, 0.15) is 18.0 Å². The van der Waals surface area contributed by atoms with Gasteiger partial charge >= 0.3 is 0 Å². The van der Waals surface area contributed by atoms with Crippen LogP contribution in [0.4, 0.5) is 0 Å². The summed E-state index contributed by atoms with van der Waals surface area (Å²) in [6.45, 7) is 2.47. The normalized spacial score (nSPS) is 15.0. The quantitative estimate of drug-likeness (QED) is 0.227. The molecule has 38 heavy (non-hydrogen) atoms. The van der Waals surface area contributed by atoms with E-state index in [0.717, 1.165) is 45.3 Å². The Morgan fingerprint density at radius 2 is 2.08 bits per heavy atom. The van der Waals surface area contributed by atoms with Gasteiger partial charge in [0.05, 0.1) is 25.0 Å². The Morgan fingerprint density at radius 1 is 1.26 bits per heavy atom. The first kappa shape index (κ1) is 26.1. The number of hydrazone groups is 1. The molecule has 1 aliphatic rings. The summed E-state index contributed by atoms with van der Waals surface area (Å²) in [5.41, 5.74) is 5.17. The van der Waals surface area contributed by atoms with Gasteiger partial charge in [0.15, 0.2) is 11.5 Å². The maximum atomic E-state index is 13.1. The summed E-state index contributed by atoms with van der Waals surface area (Å²) in [7, 11) is 1.57. The zero-order valence-electron chi connectivity index (χ0n) is 21.1. The van der Waals surface area contributed by atoms with Gasteiger partial charge in [-0.15, -0.1) is 11.3 Å². The summed E-state index contributed by atoms with van der Waals surface area (Å²) in [5.74, 6) is 1.35. The molecule has 1 atom stereocenters. The molecule has 0 radical (unpaired) electrons. The highest BCUT2D eigenvalue weighted by molar-refractivity contribution is 9.10. The van der Waals surface area contributed by atoms with E-state index >= 15 is 0 Å². The third kappa shape index (κ3) is 5.81. The molecule has 1 amide bonds. The summed E-state index contributed by atoms with van der Waals surface area (Å²) < 4.78 is 13.7. The van der Waals surface area contributed by atoms with Crippen LogP contribution in [0.15, 0.2) is 63.2 Å². The van der Waals surface area contributed by atoms with E-state index in [2.05, 4.69) is 38.4 Å². The first-order valence-corrected chi connectivity index (χ1v) is 13.9. The highest BCUT2D eigenvalue weighted by Gasteiger charge is 2.23. The van der Waals surface area contributed by atoms with E-state index in [4.69, 9.17) is 9.47 Å². The lowest BCUT2D eigenvalue weighted by atomic mass is 9.89. The van der Waals surface area contributed by atoms with Crippen LogP contribution in [-0.4, -0.2) is 28.8 Å². The summed E-state index contributed by atoms with van der Waals surface area (Å²) in [6.07, 6.45) is 5.88. The number of fused-ring (bicyclic) bond motifs is 3. The molecule has 10 heteroatoms. The lowest BCUT2D eigenvalue weighted by Crippen LogP contribution is -2.30. The SMILES string of the molecule is COc1cc(/C=N\NC(=O)Cn2cnc3sc4c(c3c2=O)CC[C@H](C)C4)ccc1OCc1ccc(Br)cc1. The van der Waals surface area contributed by atoms with Gasteiger partial charge < -0.3 is 9.47 Å². The van der Waals surface area contributed by atoms with Crippen molar-refractivity contribution in [3.63, 3.8) is 0 Å². The predicted molar refractivity (Wildman–Crippen MR) is 152 cm³/mol. The van der Waals surface area contributed by atoms with Gasteiger partial charge in [-0.05, 0) is 72.2 Å². The third-order valence-electron chi connectivity index (χ3n) is 6.49. The minimum Gasteiger partial charge on any atom is -0.493 e. The summed E-state index contributed by atoms with van der Waals surface area (Å²) in [4.78, 5) is 32.1. The highest BCUT2D eigenvalue weighted by atomic mass is 79.9. The topological polar surface area (TPSA) is 94.8 Å². The van der Waals surface area contributed by atoms with Crippen LogP contribution in [0, 0.1) is 5.92 Å². The van der Waals surface area contributed by atoms with Gasteiger partial charge in [0, 0.05) is 9.35 Å². The zero-order valence-corrected chi connectivity index (χ0v) is 23.5. The Hall–Kier alpha value is -3.50. The summed E-state index contributed by atoms with van der Waals surface area (Å²) in [6, 6.07) is 13.3. The number of ether oxygens (including phenoxy) is 2. The van der Waals surface area contributed by atoms with E-state index in [-0.39, 0.29) is 12.1 Å². The molecule has 0 unspecified atom stereocenters. The second kappa shape index (κ2) is 11.5. The van der Waals surface area contributed by atoms with E-state index in [1.165, 1.54) is 22.0 Å². The minimum atomic E-state index is -0.413. The fourth-order valence-electron chi connectivity index (χ4n) is 4.47. The van der Waals surface area contributed by atoms with Gasteiger partial charge in [-0.3, -0.25) is 14.2 Å². The maximum Gasteiger partial charge on any atom is 0.262 e. The Balaban J connectivity index is 1.21. The number of amides is 1. The lowest BCUT2D eigenvalue weighted by molar-refractivity contribution is -0.121. The van der Waals surface area contributed by atoms with Crippen LogP contribution in [0.25, 0.3) is 10.2 Å². The molecule has 0 aliphatic heterocycles. The highest BCUT2D eigenvalue weighted by Crippen LogP contribution is 2.35. The number of hydrogen-bond donors (Lipinski definition) is 1. The maximum absolute atomic E-state index is 13.1. The smallest absolute Gasteiger partial charge is 0.262 e. The molecule has 4 aromatic rings. The number of carbonyl (C=O) groups excluding carboxylic acids is 1. The number of methoxy groups -OCH3 is 1. The number of aryl methyl sites for hydroxylation is 1. The fourth-order valence-corrected chi connectivity index (χ4v) is 6.08. The molecule has 0 saturated carbocycles. The molecular weight excluding hydrogens is 568 g/mol. The lowest BCUT2D eigenvalue weighted by Gasteiger charge is -2.17. The van der Waals surface area contributed by atoms with E-state index in [1.54, 1.807) is 30.6 Å². The molecule has 2 heterocycles. The molecule has 2 aromatic carbocycles. The molecule has 0 bridgehead atoms. The standard InChI is InChI=1S/C28H27BrN4O4S/c1-17-3-9-21-24(11-17)38-27-26(21)28(35)33(16-30-27)14-25(34)32-31-13-19-6-10-22(23(12-19)36-2)37-15-18-4-7-20(29)8-5-18/h4-8,10,12-13,16-17H,3,9,11,14-15H2,1-2H3,(H,32,34)/b31-13-/t17-/m0/s1. The van der Waals surface area contributed by atoms with Crippen molar-refractivity contribution in [3.8, 4) is 11.5 Å². The molecule has 196 valence electrons. The van der Waals surface area contributed by atoms with E-state index in [1.807, 2.05) is 30.3 Å². The van der Waals surface area contributed by atoms with Crippen molar-refractivity contribution in [2.75, 3.05) is 7.11 Å². The number of aromatic nitrogens is 2. The average molecular weight is 596 g/mol. The van der Waals surface area contributed by atoms with Crippen molar-refractivity contribution >= 4 is 49.6 Å². The molecule has 8 nitrogen and oxygen atoms in total. The number of nitrogens with one attached hydrogen (secondary N) is 1. The number of rotatable bonds is 8. The third-order valence-corrected chi connectivity index (χ3v) is 8.19. The Labute approximate surface area is 232 Å². The van der Waals surface area contributed by atoms with Crippen molar-refractivity contribution < 1.29 is 14.3 Å². The largest absolute Gasteiger partial charge is 0.493 e. The van der Waals surface area contributed by atoms with Crippen molar-refractivity contribution in [1.82, 2.24) is 15.0 Å². The van der Waals surface area contributed by atoms with Crippen LogP contribution in [0.3, 0.4) is 0 Å². The van der Waals surface area contributed by atoms with E-state index < -0.39 is 5.91 Å². The molecule has 2 aromatic heterocycles. The number of hydrogen-bond acceptors (Lipinski definition) is 7. The summed E-state index contributed by atoms with van der Waals surface area (Å²) in [5, 5.41) is 4.70. The number of benzene rings is 2. The van der Waals surface area contributed by atoms with Crippen molar-refractivity contribution in [2.24, 2.45) is 11.0 Å². The van der Waals surface area contributed by atoms with Crippen LogP contribution in [0.5, 0.6) is 11.5 Å². The van der Waals surface area contributed by atoms with Gasteiger partial charge in [0.25, 0.3) is 11.5 Å². The van der Waals surface area contributed by atoms with Gasteiger partial charge in [-0.1, -0.05) is 35.0 Å². The zero-order chi connectivity index (χ0) is 26.6. The van der Waals surface area contributed by atoms with Crippen LogP contribution >= 0.6 is 27.3 Å². The number of halogens is 1. The number of nitrogens with zero attached hydrogens (tertiary/aromatic N) is 3. The summed E-state index contributed by atoms with van der Waals surface area (Å²) >= 11 is 5.02. The molecule has 0 saturated heterocycles. The molecule has 5 rings (SSSR count). The Bertz CT molecular complexity index is 1560. The van der Waals surface area contributed by atoms with Crippen LogP contribution < -0.4 is 20.5 Å². The predicted octanol–water partition coefficient (Wildman–Crippen LogP) is 5.08. The first-order valence-electron chi connectivity index (χ1n) is 12.3. The van der Waals surface area contributed by atoms with Gasteiger partial charge in [0.2, 0.25) is 0 Å². The Kier molecular flexibility index (Phi) is 7.90. The molecule has 1 aliphatic carbocycles. The number of carbonyl (C=O) groups is 1. The second-order valence-electron chi connectivity index (χ2n) is 9.33. The average Bonchev–Trinajstić information content (AvgIpc) is 3.28. The van der Waals surface area contributed by atoms with E-state index in [9.17, 15) is 9.59 Å². The van der Waals surface area contributed by atoms with Crippen LogP contribution in [-0.2, 0) is 30.8 Å². The monoisotopic (exact) mass is 594 g/mol. The molecule has 0 fully saturated rings.